The number of Topliss-reactive ketones (excluding diaryl/α,β-unsaturated/α-hetero) is 1. The van der Waals surface area contributed by atoms with E-state index in [-0.39, 0.29) is 73.7 Å². The standard InChI is InChI=1S/C18H25ClN2O3.C16H20BrClN2O3.C14H18Cl2N2O2.2C10H11Cl2IN2O2.C10H12Cl2N2O2.C4H8/c1-8-23-11(2)13-9-12-14(15(19)20-13)21(10-18(12,6)7)16(22)24-17(3,4)5;1-15(2,3)23-14(22)20-8-16(4,5)9-6-10(11(21)7-17)19-13(18)12(9)20;1-13(2,3)20-12(19)18-7-14(4,5)8-6-9(15)17-11(16)10(8)18;2*1-10(2,3)17-9(16)15-7-5(13)4-6(11)14-8(7)12;1-10(2,3)16-9(15)13-6-4-5-7(11)14-8(6)12;1-4(2)3/h9H,2,8,10H2,1,3-7H3;6H,7-8H2,1-5H3;6H,7H2,1-5H3;2*4H,1-3H3,(H,15,16);4-5H,1-3H3,(H,13,15);1H2,2-3H3. The molecule has 26 nitrogen and oxygen atoms in total. The lowest BCUT2D eigenvalue weighted by Crippen LogP contribution is -2.38. The highest BCUT2D eigenvalue weighted by molar-refractivity contribution is 14.1. The Balaban J connectivity index is 0.000000374. The zero-order valence-electron chi connectivity index (χ0n) is 72.6. The van der Waals surface area contributed by atoms with E-state index in [1.807, 2.05) is 162 Å². The van der Waals surface area contributed by atoms with E-state index in [0.717, 1.165) is 16.7 Å². The smallest absolute Gasteiger partial charge is 0.414 e. The van der Waals surface area contributed by atoms with E-state index in [9.17, 15) is 33.6 Å². The maximum atomic E-state index is 12.6. The molecule has 9 heterocycles. The van der Waals surface area contributed by atoms with Gasteiger partial charge in [-0.15, -0.1) is 6.58 Å². The molecule has 3 aliphatic heterocycles. The van der Waals surface area contributed by atoms with Crippen molar-refractivity contribution >= 4 is 259 Å². The molecule has 0 aromatic carbocycles. The van der Waals surface area contributed by atoms with E-state index in [2.05, 4.69) is 88.8 Å². The van der Waals surface area contributed by atoms with Gasteiger partial charge in [-0.1, -0.05) is 186 Å². The summed E-state index contributed by atoms with van der Waals surface area (Å²) in [6.45, 7) is 59.7. The zero-order valence-corrected chi connectivity index (χ0v) is 86.1. The molecule has 0 atom stereocenters. The largest absolute Gasteiger partial charge is 0.492 e. The molecule has 0 fully saturated rings. The maximum Gasteiger partial charge on any atom is 0.414 e. The van der Waals surface area contributed by atoms with Crippen LogP contribution < -0.4 is 30.7 Å². The van der Waals surface area contributed by atoms with Crippen LogP contribution in [0.2, 0.25) is 51.5 Å². The summed E-state index contributed by atoms with van der Waals surface area (Å²) < 4.78 is 38.5. The minimum Gasteiger partial charge on any atom is -0.492 e. The van der Waals surface area contributed by atoms with Gasteiger partial charge in [-0.25, -0.2) is 58.7 Å². The van der Waals surface area contributed by atoms with Gasteiger partial charge in [0, 0.05) is 43.0 Å². The first kappa shape index (κ1) is 109. The van der Waals surface area contributed by atoms with Crippen molar-refractivity contribution in [1.29, 1.82) is 0 Å². The van der Waals surface area contributed by atoms with Gasteiger partial charge in [-0.05, 0) is 250 Å². The van der Waals surface area contributed by atoms with Gasteiger partial charge in [0.2, 0.25) is 0 Å². The zero-order chi connectivity index (χ0) is 93.5. The number of halogens is 13. The van der Waals surface area contributed by atoms with Crippen LogP contribution in [0.1, 0.15) is 220 Å². The van der Waals surface area contributed by atoms with Crippen LogP contribution in [0.15, 0.2) is 61.2 Å². The fourth-order valence-corrected chi connectivity index (χ4v) is 15.2. The Morgan fingerprint density at radius 2 is 0.702 bits per heavy atom. The first-order valence-electron chi connectivity index (χ1n) is 37.0. The van der Waals surface area contributed by atoms with Crippen molar-refractivity contribution in [2.75, 3.05) is 62.2 Å². The third-order valence-corrected chi connectivity index (χ3v) is 19.5. The first-order chi connectivity index (χ1) is 54.8. The molecule has 0 aliphatic carbocycles. The van der Waals surface area contributed by atoms with Crippen molar-refractivity contribution in [3.63, 3.8) is 0 Å². The molecule has 39 heteroatoms. The number of pyridine rings is 6. The molecule has 668 valence electrons. The maximum absolute atomic E-state index is 12.6. The van der Waals surface area contributed by atoms with Crippen molar-refractivity contribution in [1.82, 2.24) is 29.9 Å². The van der Waals surface area contributed by atoms with Crippen LogP contribution in [-0.4, -0.2) is 137 Å². The second-order valence-electron chi connectivity index (χ2n) is 35.0. The van der Waals surface area contributed by atoms with Crippen molar-refractivity contribution in [2.24, 2.45) is 0 Å². The Labute approximate surface area is 795 Å². The van der Waals surface area contributed by atoms with E-state index < -0.39 is 70.2 Å². The molecule has 0 unspecified atom stereocenters. The fourth-order valence-electron chi connectivity index (χ4n) is 10.4. The third-order valence-electron chi connectivity index (χ3n) is 14.8. The third kappa shape index (κ3) is 36.3. The molecule has 0 saturated heterocycles. The Kier molecular flexibility index (Phi) is 40.4. The lowest BCUT2D eigenvalue weighted by atomic mass is 9.87. The summed E-state index contributed by atoms with van der Waals surface area (Å²) in [6, 6.07) is 11.6. The number of hydrogen-bond acceptors (Lipinski definition) is 20. The number of nitrogens with zero attached hydrogens (tertiary/aromatic N) is 9. The molecule has 9 rings (SSSR count). The first-order valence-corrected chi connectivity index (χ1v) is 44.1. The van der Waals surface area contributed by atoms with Gasteiger partial charge in [-0.2, -0.15) is 0 Å². The van der Waals surface area contributed by atoms with Crippen LogP contribution in [-0.2, 0) is 49.4 Å². The molecule has 3 aliphatic rings. The molecule has 6 aromatic heterocycles. The van der Waals surface area contributed by atoms with E-state index >= 15 is 0 Å². The number of ether oxygens (including phenoxy) is 7. The van der Waals surface area contributed by atoms with Crippen LogP contribution in [0.4, 0.5) is 62.9 Å². The summed E-state index contributed by atoms with van der Waals surface area (Å²) in [7, 11) is 0. The number of allylic oxidation sites excluding steroid dienone is 1. The van der Waals surface area contributed by atoms with Gasteiger partial charge >= 0.3 is 36.6 Å². The number of carbonyl (C=O) groups is 7. The van der Waals surface area contributed by atoms with Crippen LogP contribution in [0.5, 0.6) is 0 Å². The number of rotatable bonds is 8. The van der Waals surface area contributed by atoms with Gasteiger partial charge in [-0.3, -0.25) is 35.4 Å². The second-order valence-corrected chi connectivity index (χ2v) is 41.6. The minimum atomic E-state index is -0.601. The second kappa shape index (κ2) is 44.6. The molecular weight excluding hydrogens is 2070 g/mol. The van der Waals surface area contributed by atoms with Crippen molar-refractivity contribution < 1.29 is 66.7 Å². The molecule has 6 amide bonds. The number of anilines is 6. The molecule has 0 radical (unpaired) electrons. The normalized spacial score (nSPS) is 13.9. The van der Waals surface area contributed by atoms with Gasteiger partial charge in [0.1, 0.15) is 71.4 Å². The molecule has 6 aromatic rings. The highest BCUT2D eigenvalue weighted by atomic mass is 127. The van der Waals surface area contributed by atoms with Crippen molar-refractivity contribution in [3.8, 4) is 0 Å². The van der Waals surface area contributed by atoms with Crippen LogP contribution in [0, 0.1) is 7.14 Å². The average Bonchev–Trinajstić information content (AvgIpc) is 1.61. The van der Waals surface area contributed by atoms with Crippen molar-refractivity contribution in [3.05, 3.63) is 148 Å². The lowest BCUT2D eigenvalue weighted by molar-refractivity contribution is 0.0568. The van der Waals surface area contributed by atoms with Gasteiger partial charge in [0.05, 0.1) is 46.1 Å². The number of hydrogen-bond donors (Lipinski definition) is 3. The summed E-state index contributed by atoms with van der Waals surface area (Å²) in [5.41, 5.74) is 3.28. The predicted molar refractivity (Wildman–Crippen MR) is 510 cm³/mol. The summed E-state index contributed by atoms with van der Waals surface area (Å²) >= 11 is 66.6. The highest BCUT2D eigenvalue weighted by Crippen LogP contribution is 2.49. The number of alkyl halides is 1. The van der Waals surface area contributed by atoms with Crippen LogP contribution >= 0.6 is 177 Å². The number of ketones is 1. The Hall–Kier alpha value is -5.69. The van der Waals surface area contributed by atoms with Crippen LogP contribution in [0.3, 0.4) is 0 Å². The minimum absolute atomic E-state index is 0.123. The van der Waals surface area contributed by atoms with Gasteiger partial charge in [0.15, 0.2) is 36.7 Å². The summed E-state index contributed by atoms with van der Waals surface area (Å²) in [6.07, 6.45) is -3.06. The molecule has 0 saturated carbocycles. The summed E-state index contributed by atoms with van der Waals surface area (Å²) in [5.74, 6) is 0.315. The van der Waals surface area contributed by atoms with E-state index in [4.69, 9.17) is 149 Å². The molecule has 3 N–H and O–H groups in total. The molecule has 0 spiro atoms. The van der Waals surface area contributed by atoms with Crippen molar-refractivity contribution in [2.45, 2.75) is 237 Å². The van der Waals surface area contributed by atoms with E-state index in [1.165, 1.54) is 21.4 Å². The SMILES string of the molecule is C=C(C)C.C=C(OCC)c1cc2c(c(Cl)n1)N(C(=O)OC(C)(C)C)CC2(C)C.CC(C)(C)OC(=O)N1CC(C)(C)c2cc(C(=O)CBr)nc(Cl)c21.CC(C)(C)OC(=O)N1CC(C)(C)c2cc(Cl)nc(Cl)c21.CC(C)(C)OC(=O)Nc1c(I)cc(Cl)nc1Cl.CC(C)(C)OC(=O)Nc1c(I)cc(Cl)nc1Cl.CC(C)(C)OC(=O)Nc1ccc(Cl)nc1Cl. The topological polar surface area (TPSA) is 307 Å². The Bertz CT molecular complexity index is 4680. The number of carbonyl (C=O) groups excluding carboxylic acids is 7. The number of amides is 6. The fraction of sp³-hybridized carbons (Fsp3) is 0.500. The van der Waals surface area contributed by atoms with Gasteiger partial charge < -0.3 is 33.2 Å². The molecular formula is C82H105BrCl10I2N12O14. The monoisotopic (exact) mass is 2160 g/mol. The summed E-state index contributed by atoms with van der Waals surface area (Å²) in [5, 5.41) is 9.87. The van der Waals surface area contributed by atoms with Gasteiger partial charge in [0.25, 0.3) is 0 Å². The highest BCUT2D eigenvalue weighted by Gasteiger charge is 2.46. The average molecular weight is 2170 g/mol. The molecule has 0 bridgehead atoms. The quantitative estimate of drug-likeness (QED) is 0.0242. The number of nitrogens with one attached hydrogen (secondary N) is 3. The molecule has 121 heavy (non-hydrogen) atoms. The van der Waals surface area contributed by atoms with E-state index in [0.29, 0.717) is 89.8 Å². The lowest BCUT2D eigenvalue weighted by Gasteiger charge is -2.26. The van der Waals surface area contributed by atoms with Crippen LogP contribution in [0.25, 0.3) is 5.76 Å². The number of aromatic nitrogens is 6. The summed E-state index contributed by atoms with van der Waals surface area (Å²) in [4.78, 5) is 112. The Morgan fingerprint density at radius 3 is 1.01 bits per heavy atom. The Morgan fingerprint density at radius 1 is 0.421 bits per heavy atom. The van der Waals surface area contributed by atoms with E-state index in [1.54, 1.807) is 97.5 Å². The predicted octanol–water partition coefficient (Wildman–Crippen LogP) is 27.5. The number of fused-ring (bicyclic) bond motifs is 3.